The number of carbonyl (C=O) groups is 2. The fourth-order valence-electron chi connectivity index (χ4n) is 6.68. The number of esters is 1. The van der Waals surface area contributed by atoms with E-state index in [1.165, 1.54) is 12.5 Å². The fraction of sp³-hybridized carbons (Fsp3) is 0.810. The minimum absolute atomic E-state index is 0.0457. The molecule has 1 N–H and O–H groups in total. The minimum atomic E-state index is -0.260. The SMILES string of the molecule is CC(=O)O[C@H]1CC[C@@]2(C)C(=CC(=O)C3C2CC[C@@]2(C)C3CC[C@@H]2O)C1. The monoisotopic (exact) mass is 346 g/mol. The molecule has 3 saturated carbocycles. The lowest BCUT2D eigenvalue weighted by Crippen LogP contribution is -2.54. The molecule has 0 heterocycles. The van der Waals surface area contributed by atoms with E-state index < -0.39 is 0 Å². The number of hydrogen-bond acceptors (Lipinski definition) is 4. The Hall–Kier alpha value is -1.16. The topological polar surface area (TPSA) is 63.6 Å². The van der Waals surface area contributed by atoms with E-state index in [0.717, 1.165) is 38.5 Å². The molecule has 7 atom stereocenters. The molecule has 3 unspecified atom stereocenters. The van der Waals surface area contributed by atoms with Crippen LogP contribution in [-0.2, 0) is 14.3 Å². The maximum absolute atomic E-state index is 13.1. The Balaban J connectivity index is 1.65. The zero-order valence-corrected chi connectivity index (χ0v) is 15.6. The number of ketones is 1. The Morgan fingerprint density at radius 2 is 1.92 bits per heavy atom. The maximum atomic E-state index is 13.1. The first-order valence-electron chi connectivity index (χ1n) is 9.86. The summed E-state index contributed by atoms with van der Waals surface area (Å²) >= 11 is 0. The van der Waals surface area contributed by atoms with Crippen molar-refractivity contribution in [1.82, 2.24) is 0 Å². The van der Waals surface area contributed by atoms with Crippen LogP contribution in [-0.4, -0.2) is 29.1 Å². The smallest absolute Gasteiger partial charge is 0.302 e. The van der Waals surface area contributed by atoms with Crippen LogP contribution in [0.3, 0.4) is 0 Å². The summed E-state index contributed by atoms with van der Waals surface area (Å²) in [5.41, 5.74) is 1.15. The summed E-state index contributed by atoms with van der Waals surface area (Å²) < 4.78 is 5.43. The highest BCUT2D eigenvalue weighted by atomic mass is 16.5. The first-order valence-corrected chi connectivity index (χ1v) is 9.86. The number of ether oxygens (including phenoxy) is 1. The average molecular weight is 346 g/mol. The molecule has 0 radical (unpaired) electrons. The van der Waals surface area contributed by atoms with Crippen molar-refractivity contribution in [3.63, 3.8) is 0 Å². The van der Waals surface area contributed by atoms with Crippen molar-refractivity contribution in [2.45, 2.75) is 77.9 Å². The molecular weight excluding hydrogens is 316 g/mol. The van der Waals surface area contributed by atoms with Crippen LogP contribution in [0.15, 0.2) is 11.6 Å². The second-order valence-electron chi connectivity index (χ2n) is 9.34. The molecule has 3 fully saturated rings. The first kappa shape index (κ1) is 17.3. The van der Waals surface area contributed by atoms with Gasteiger partial charge in [-0.05, 0) is 67.3 Å². The van der Waals surface area contributed by atoms with Gasteiger partial charge < -0.3 is 9.84 Å². The number of hydrogen-bond donors (Lipinski definition) is 1. The van der Waals surface area contributed by atoms with E-state index in [-0.39, 0.29) is 40.7 Å². The molecule has 0 aliphatic heterocycles. The molecule has 4 aliphatic carbocycles. The molecule has 0 saturated heterocycles. The molecule has 138 valence electrons. The van der Waals surface area contributed by atoms with Crippen LogP contribution >= 0.6 is 0 Å². The van der Waals surface area contributed by atoms with Gasteiger partial charge >= 0.3 is 5.97 Å². The Labute approximate surface area is 150 Å². The third kappa shape index (κ3) is 2.43. The molecule has 4 nitrogen and oxygen atoms in total. The van der Waals surface area contributed by atoms with Gasteiger partial charge in [0.15, 0.2) is 5.78 Å². The lowest BCUT2D eigenvalue weighted by molar-refractivity contribution is -0.149. The molecule has 4 rings (SSSR count). The van der Waals surface area contributed by atoms with E-state index in [9.17, 15) is 14.7 Å². The molecule has 4 aliphatic rings. The summed E-state index contributed by atoms with van der Waals surface area (Å²) in [4.78, 5) is 24.4. The number of aliphatic hydroxyl groups excluding tert-OH is 1. The van der Waals surface area contributed by atoms with E-state index in [2.05, 4.69) is 13.8 Å². The van der Waals surface area contributed by atoms with E-state index in [1.807, 2.05) is 6.08 Å². The number of aliphatic hydroxyl groups is 1. The Morgan fingerprint density at radius 3 is 2.64 bits per heavy atom. The number of rotatable bonds is 1. The Bertz CT molecular complexity index is 638. The van der Waals surface area contributed by atoms with Crippen LogP contribution in [0, 0.1) is 28.6 Å². The van der Waals surface area contributed by atoms with Crippen molar-refractivity contribution in [2.24, 2.45) is 28.6 Å². The molecule has 0 aromatic rings. The second-order valence-corrected chi connectivity index (χ2v) is 9.34. The molecule has 25 heavy (non-hydrogen) atoms. The van der Waals surface area contributed by atoms with Gasteiger partial charge in [-0.2, -0.15) is 0 Å². The minimum Gasteiger partial charge on any atom is -0.462 e. The summed E-state index contributed by atoms with van der Waals surface area (Å²) in [6.07, 6.45) is 7.96. The van der Waals surface area contributed by atoms with Gasteiger partial charge in [0.1, 0.15) is 6.10 Å². The highest BCUT2D eigenvalue weighted by Crippen LogP contribution is 2.64. The molecule has 0 amide bonds. The van der Waals surface area contributed by atoms with Crippen LogP contribution in [0.25, 0.3) is 0 Å². The van der Waals surface area contributed by atoms with Gasteiger partial charge in [0.2, 0.25) is 0 Å². The summed E-state index contributed by atoms with van der Waals surface area (Å²) in [5, 5.41) is 10.5. The average Bonchev–Trinajstić information content (AvgIpc) is 2.84. The zero-order valence-electron chi connectivity index (χ0n) is 15.6. The van der Waals surface area contributed by atoms with Crippen molar-refractivity contribution < 1.29 is 19.4 Å². The number of allylic oxidation sites excluding steroid dienone is 1. The van der Waals surface area contributed by atoms with Gasteiger partial charge in [0.25, 0.3) is 0 Å². The molecule has 4 heteroatoms. The van der Waals surface area contributed by atoms with Crippen LogP contribution in [0.1, 0.15) is 65.7 Å². The van der Waals surface area contributed by atoms with Gasteiger partial charge in [0, 0.05) is 19.3 Å². The van der Waals surface area contributed by atoms with Crippen LogP contribution in [0.5, 0.6) is 0 Å². The van der Waals surface area contributed by atoms with Gasteiger partial charge in [0.05, 0.1) is 6.10 Å². The van der Waals surface area contributed by atoms with E-state index in [0.29, 0.717) is 18.3 Å². The largest absolute Gasteiger partial charge is 0.462 e. The van der Waals surface area contributed by atoms with Crippen molar-refractivity contribution in [2.75, 3.05) is 0 Å². The summed E-state index contributed by atoms with van der Waals surface area (Å²) in [6.45, 7) is 5.97. The van der Waals surface area contributed by atoms with Crippen LogP contribution in [0.4, 0.5) is 0 Å². The molecule has 0 bridgehead atoms. The third-order valence-corrected chi connectivity index (χ3v) is 8.18. The summed E-state index contributed by atoms with van der Waals surface area (Å²) in [6, 6.07) is 0. The predicted octanol–water partition coefficient (Wildman–Crippen LogP) is 3.42. The Kier molecular flexibility index (Phi) is 3.91. The van der Waals surface area contributed by atoms with E-state index in [1.54, 1.807) is 0 Å². The molecule has 0 aromatic heterocycles. The van der Waals surface area contributed by atoms with Gasteiger partial charge in [-0.3, -0.25) is 9.59 Å². The van der Waals surface area contributed by atoms with Crippen LogP contribution < -0.4 is 0 Å². The van der Waals surface area contributed by atoms with Crippen molar-refractivity contribution in [3.8, 4) is 0 Å². The third-order valence-electron chi connectivity index (χ3n) is 8.18. The van der Waals surface area contributed by atoms with Crippen molar-refractivity contribution in [1.29, 1.82) is 0 Å². The molecular formula is C21H30O4. The molecule has 0 spiro atoms. The highest BCUT2D eigenvalue weighted by molar-refractivity contribution is 5.94. The zero-order chi connectivity index (χ0) is 18.0. The maximum Gasteiger partial charge on any atom is 0.302 e. The predicted molar refractivity (Wildman–Crippen MR) is 93.7 cm³/mol. The fourth-order valence-corrected chi connectivity index (χ4v) is 6.68. The van der Waals surface area contributed by atoms with Crippen LogP contribution in [0.2, 0.25) is 0 Å². The van der Waals surface area contributed by atoms with Crippen molar-refractivity contribution in [3.05, 3.63) is 11.6 Å². The van der Waals surface area contributed by atoms with E-state index >= 15 is 0 Å². The standard InChI is InChI=1S/C21H30O4/c1-12(22)25-14-6-8-20(2)13(10-14)11-17(23)19-15-4-5-18(24)21(15,3)9-7-16(19)20/h11,14-16,18-19,24H,4-10H2,1-3H3/t14-,15?,16?,18-,19?,20-,21-/m0/s1. The Morgan fingerprint density at radius 1 is 1.16 bits per heavy atom. The van der Waals surface area contributed by atoms with Gasteiger partial charge in [-0.15, -0.1) is 0 Å². The normalized spacial score (nSPS) is 48.9. The van der Waals surface area contributed by atoms with Gasteiger partial charge in [-0.25, -0.2) is 0 Å². The second kappa shape index (κ2) is 5.67. The van der Waals surface area contributed by atoms with Gasteiger partial charge in [-0.1, -0.05) is 19.4 Å². The highest BCUT2D eigenvalue weighted by Gasteiger charge is 2.60. The summed E-state index contributed by atoms with van der Waals surface area (Å²) in [7, 11) is 0. The summed E-state index contributed by atoms with van der Waals surface area (Å²) in [5.74, 6) is 0.778. The number of carbonyl (C=O) groups excluding carboxylic acids is 2. The molecule has 0 aromatic carbocycles. The quantitative estimate of drug-likeness (QED) is 0.739. The lowest BCUT2D eigenvalue weighted by atomic mass is 9.47. The first-order chi connectivity index (χ1) is 11.8. The number of fused-ring (bicyclic) bond motifs is 5. The van der Waals surface area contributed by atoms with Crippen molar-refractivity contribution >= 4 is 11.8 Å². The lowest BCUT2D eigenvalue weighted by Gasteiger charge is -2.56. The van der Waals surface area contributed by atoms with E-state index in [4.69, 9.17) is 4.74 Å².